The Bertz CT molecular complexity index is 613. The third-order valence-corrected chi connectivity index (χ3v) is 4.39. The molecule has 20 heavy (non-hydrogen) atoms. The van der Waals surface area contributed by atoms with Gasteiger partial charge in [0.1, 0.15) is 11.2 Å². The van der Waals surface area contributed by atoms with Crippen molar-refractivity contribution in [3.63, 3.8) is 0 Å². The van der Waals surface area contributed by atoms with E-state index in [4.69, 9.17) is 4.74 Å². The summed E-state index contributed by atoms with van der Waals surface area (Å²) in [4.78, 5) is 23.2. The van der Waals surface area contributed by atoms with Crippen LogP contribution in [0.25, 0.3) is 10.2 Å². The van der Waals surface area contributed by atoms with Crippen LogP contribution >= 0.6 is 11.3 Å². The first kappa shape index (κ1) is 13.3. The van der Waals surface area contributed by atoms with E-state index in [9.17, 15) is 4.79 Å². The molecule has 1 amide bonds. The summed E-state index contributed by atoms with van der Waals surface area (Å²) >= 11 is 1.54. The molecule has 0 radical (unpaired) electrons. The number of carbonyl (C=O) groups excluding carboxylic acids is 1. The second-order valence-corrected chi connectivity index (χ2v) is 6.09. The van der Waals surface area contributed by atoms with Gasteiger partial charge in [0, 0.05) is 13.1 Å². The molecule has 0 aliphatic carbocycles. The molecule has 1 aliphatic rings. The van der Waals surface area contributed by atoms with Gasteiger partial charge in [0.2, 0.25) is 5.88 Å². The summed E-state index contributed by atoms with van der Waals surface area (Å²) in [5.74, 6) is 1.11. The minimum Gasteiger partial charge on any atom is -0.467 e. The summed E-state index contributed by atoms with van der Waals surface area (Å²) < 4.78 is 5.59. The number of piperidine rings is 1. The molecule has 2 aromatic heterocycles. The molecule has 3 heterocycles. The summed E-state index contributed by atoms with van der Waals surface area (Å²) in [6.45, 7) is 3.90. The Morgan fingerprint density at radius 3 is 3.30 bits per heavy atom. The van der Waals surface area contributed by atoms with Crippen LogP contribution in [0.15, 0.2) is 17.8 Å². The lowest BCUT2D eigenvalue weighted by Crippen LogP contribution is -2.41. The Labute approximate surface area is 121 Å². The standard InChI is InChI=1S/C14H17N3O2S/c1-10-3-2-5-17(7-10)12(18)8-19-13-11-4-6-20-14(11)16-9-15-13/h4,6,9-10H,2-3,5,7-8H2,1H3/t10-/m1/s1. The first-order valence-electron chi connectivity index (χ1n) is 6.83. The number of nitrogens with zero attached hydrogens (tertiary/aromatic N) is 3. The number of rotatable bonds is 3. The molecule has 6 heteroatoms. The van der Waals surface area contributed by atoms with Crippen LogP contribution in [0.4, 0.5) is 0 Å². The van der Waals surface area contributed by atoms with Crippen molar-refractivity contribution in [1.29, 1.82) is 0 Å². The van der Waals surface area contributed by atoms with E-state index in [-0.39, 0.29) is 12.5 Å². The van der Waals surface area contributed by atoms with E-state index in [0.29, 0.717) is 11.8 Å². The second-order valence-electron chi connectivity index (χ2n) is 5.19. The van der Waals surface area contributed by atoms with Gasteiger partial charge >= 0.3 is 0 Å². The maximum Gasteiger partial charge on any atom is 0.260 e. The van der Waals surface area contributed by atoms with E-state index in [2.05, 4.69) is 16.9 Å². The lowest BCUT2D eigenvalue weighted by atomic mass is 10.0. The first-order valence-corrected chi connectivity index (χ1v) is 7.71. The molecular formula is C14H17N3O2S. The maximum atomic E-state index is 12.2. The topological polar surface area (TPSA) is 55.3 Å². The predicted molar refractivity (Wildman–Crippen MR) is 77.9 cm³/mol. The second kappa shape index (κ2) is 5.75. The Balaban J connectivity index is 1.64. The fraction of sp³-hybridized carbons (Fsp3) is 0.500. The molecule has 0 unspecified atom stereocenters. The molecule has 0 aromatic carbocycles. The smallest absolute Gasteiger partial charge is 0.260 e. The van der Waals surface area contributed by atoms with Crippen LogP contribution in [-0.2, 0) is 4.79 Å². The fourth-order valence-corrected chi connectivity index (χ4v) is 3.24. The van der Waals surface area contributed by atoms with Crippen molar-refractivity contribution in [1.82, 2.24) is 14.9 Å². The van der Waals surface area contributed by atoms with E-state index in [0.717, 1.165) is 29.7 Å². The number of amides is 1. The van der Waals surface area contributed by atoms with Gasteiger partial charge in [-0.25, -0.2) is 9.97 Å². The number of carbonyl (C=O) groups is 1. The summed E-state index contributed by atoms with van der Waals surface area (Å²) in [5.41, 5.74) is 0. The molecule has 1 aliphatic heterocycles. The lowest BCUT2D eigenvalue weighted by molar-refractivity contribution is -0.135. The zero-order valence-electron chi connectivity index (χ0n) is 11.4. The lowest BCUT2D eigenvalue weighted by Gasteiger charge is -2.30. The molecule has 106 valence electrons. The minimum absolute atomic E-state index is 0.0403. The van der Waals surface area contributed by atoms with Crippen LogP contribution in [0.2, 0.25) is 0 Å². The van der Waals surface area contributed by atoms with E-state index < -0.39 is 0 Å². The van der Waals surface area contributed by atoms with Crippen LogP contribution in [0.1, 0.15) is 19.8 Å². The normalized spacial score (nSPS) is 19.2. The van der Waals surface area contributed by atoms with E-state index in [1.165, 1.54) is 24.1 Å². The van der Waals surface area contributed by atoms with Gasteiger partial charge in [-0.1, -0.05) is 6.92 Å². The van der Waals surface area contributed by atoms with Gasteiger partial charge in [0.15, 0.2) is 6.61 Å². The number of ether oxygens (including phenoxy) is 1. The Kier molecular flexibility index (Phi) is 3.82. The molecule has 0 bridgehead atoms. The van der Waals surface area contributed by atoms with Crippen molar-refractivity contribution in [3.05, 3.63) is 17.8 Å². The zero-order chi connectivity index (χ0) is 13.9. The SMILES string of the molecule is C[C@@H]1CCCN(C(=O)COc2ncnc3sccc23)C1. The first-order chi connectivity index (χ1) is 9.74. The highest BCUT2D eigenvalue weighted by Gasteiger charge is 2.21. The van der Waals surface area contributed by atoms with Gasteiger partial charge in [0.25, 0.3) is 5.91 Å². The van der Waals surface area contributed by atoms with Gasteiger partial charge < -0.3 is 9.64 Å². The largest absolute Gasteiger partial charge is 0.467 e. The number of hydrogen-bond acceptors (Lipinski definition) is 5. The highest BCUT2D eigenvalue weighted by atomic mass is 32.1. The average Bonchev–Trinajstić information content (AvgIpc) is 2.93. The van der Waals surface area contributed by atoms with Crippen molar-refractivity contribution in [2.45, 2.75) is 19.8 Å². The van der Waals surface area contributed by atoms with Gasteiger partial charge in [-0.15, -0.1) is 11.3 Å². The van der Waals surface area contributed by atoms with Crippen LogP contribution in [-0.4, -0.2) is 40.5 Å². The number of thiophene rings is 1. The highest BCUT2D eigenvalue weighted by molar-refractivity contribution is 7.16. The van der Waals surface area contributed by atoms with Crippen molar-refractivity contribution in [2.24, 2.45) is 5.92 Å². The summed E-state index contributed by atoms with van der Waals surface area (Å²) in [6.07, 6.45) is 3.75. The quantitative estimate of drug-likeness (QED) is 0.871. The number of likely N-dealkylation sites (tertiary alicyclic amines) is 1. The monoisotopic (exact) mass is 291 g/mol. The fourth-order valence-electron chi connectivity index (χ4n) is 2.52. The van der Waals surface area contributed by atoms with Crippen LogP contribution in [0.5, 0.6) is 5.88 Å². The molecule has 1 fully saturated rings. The molecule has 2 aromatic rings. The number of fused-ring (bicyclic) bond motifs is 1. The molecule has 1 saturated heterocycles. The summed E-state index contributed by atoms with van der Waals surface area (Å²) in [5, 5.41) is 2.82. The van der Waals surface area contributed by atoms with E-state index in [1.54, 1.807) is 0 Å². The predicted octanol–water partition coefficient (Wildman–Crippen LogP) is 2.33. The van der Waals surface area contributed by atoms with E-state index in [1.807, 2.05) is 16.3 Å². The van der Waals surface area contributed by atoms with Crippen LogP contribution in [0, 0.1) is 5.92 Å². The zero-order valence-corrected chi connectivity index (χ0v) is 12.2. The average molecular weight is 291 g/mol. The number of aromatic nitrogens is 2. The van der Waals surface area contributed by atoms with Crippen molar-refractivity contribution in [2.75, 3.05) is 19.7 Å². The van der Waals surface area contributed by atoms with Gasteiger partial charge in [0.05, 0.1) is 5.39 Å². The summed E-state index contributed by atoms with van der Waals surface area (Å²) in [6, 6.07) is 1.92. The van der Waals surface area contributed by atoms with Crippen molar-refractivity contribution in [3.8, 4) is 5.88 Å². The van der Waals surface area contributed by atoms with Crippen LogP contribution in [0.3, 0.4) is 0 Å². The van der Waals surface area contributed by atoms with E-state index >= 15 is 0 Å². The van der Waals surface area contributed by atoms with Crippen LogP contribution < -0.4 is 4.74 Å². The Hall–Kier alpha value is -1.69. The minimum atomic E-state index is 0.0403. The molecule has 3 rings (SSSR count). The summed E-state index contributed by atoms with van der Waals surface area (Å²) in [7, 11) is 0. The highest BCUT2D eigenvalue weighted by Crippen LogP contribution is 2.25. The Morgan fingerprint density at radius 1 is 1.55 bits per heavy atom. The third-order valence-electron chi connectivity index (χ3n) is 3.57. The van der Waals surface area contributed by atoms with Gasteiger partial charge in [-0.05, 0) is 30.2 Å². The van der Waals surface area contributed by atoms with Crippen molar-refractivity contribution >= 4 is 27.5 Å². The molecular weight excluding hydrogens is 274 g/mol. The number of hydrogen-bond donors (Lipinski definition) is 0. The molecule has 0 N–H and O–H groups in total. The molecule has 5 nitrogen and oxygen atoms in total. The molecule has 0 saturated carbocycles. The van der Waals surface area contributed by atoms with Crippen molar-refractivity contribution < 1.29 is 9.53 Å². The maximum absolute atomic E-state index is 12.2. The molecule has 1 atom stereocenters. The third kappa shape index (κ3) is 2.75. The Morgan fingerprint density at radius 2 is 2.45 bits per heavy atom. The van der Waals surface area contributed by atoms with Gasteiger partial charge in [-0.2, -0.15) is 0 Å². The van der Waals surface area contributed by atoms with Gasteiger partial charge in [-0.3, -0.25) is 4.79 Å². The molecule has 0 spiro atoms.